The molecule has 0 rings (SSSR count). The van der Waals surface area contributed by atoms with Gasteiger partial charge in [-0.3, -0.25) is 32.5 Å². The minimum Gasteiger partial charge on any atom is -0.463 e. The van der Waals surface area contributed by atoms with Crippen molar-refractivity contribution in [1.82, 2.24) is 0 Å². The Morgan fingerprint density at radius 3 is 0.709 bits per heavy atom. The van der Waals surface area contributed by atoms with Crippen LogP contribution >= 0.6 is 15.6 Å². The SMILES string of the molecule is CC/C=C\C/C=C\C/C=C\C/C=C\C/C=C\C/C=C\CCC(=O)OC(COC(=O)CCCCCCCCCCCCC/C=C\C/C=C\C/C=C\C/C=C\C/C=C\CC)COP(=O)(O)OCC(O)COP(=O)(O)OCC(O)COC(=O)CCCCCCCCCCCCCCCCCCCCC/C=C\C/C=C\C/C=C\C/C=C\C/C=C\CC. The first-order valence-corrected chi connectivity index (χ1v) is 48.7. The van der Waals surface area contributed by atoms with Crippen LogP contribution in [0.15, 0.2) is 194 Å². The standard InChI is InChI=1S/C99H164O16P2/c1-4-7-10-13-16-19-22-25-28-31-34-36-38-40-42-43-44-45-46-47-48-49-51-53-54-56-59-61-64-67-70-73-76-79-82-85-97(102)109-88-94(100)89-111-116(105,106)112-90-95(101)91-113-117(107,108)114-93-96(115-99(104)87-84-81-78-75-72-69-66-63-58-33-30-27-24-21-18-15-12-9-6-3)92-110-98(103)86-83-80-77-74-71-68-65-62-60-57-55-52-50-41-39-37-35-32-29-26-23-20-17-14-11-8-5-2/h7-12,16-21,25-30,34-37,40-42,50,58,63,69,72,78,81,94-96,100-101H,4-6,13-15,22-24,31-33,38-39,43-49,51-57,59-62,64-68,70-71,73-77,79-80,82-93H2,1-3H3,(H,105,106)(H,107,108)/b10-7-,11-8-,12-9-,19-16-,20-17-,21-18-,28-25-,29-26-,30-27-,36-34-,37-35-,42-40-,50-41-,63-58-,72-69-,81-78-. The maximum Gasteiger partial charge on any atom is 0.472 e. The smallest absolute Gasteiger partial charge is 0.463 e. The monoisotopic (exact) mass is 1670 g/mol. The maximum atomic E-state index is 13.0. The lowest BCUT2D eigenvalue weighted by molar-refractivity contribution is -0.161. The van der Waals surface area contributed by atoms with Gasteiger partial charge in [0, 0.05) is 19.3 Å². The van der Waals surface area contributed by atoms with Gasteiger partial charge in [0.2, 0.25) is 0 Å². The fraction of sp³-hybridized carbons (Fsp3) is 0.646. The number of ether oxygens (including phenoxy) is 3. The Balaban J connectivity index is 4.55. The molecule has 0 saturated carbocycles. The molecule has 5 atom stereocenters. The number of hydrogen-bond acceptors (Lipinski definition) is 14. The number of hydrogen-bond donors (Lipinski definition) is 4. The zero-order chi connectivity index (χ0) is 85.1. The second-order valence-electron chi connectivity index (χ2n) is 30.0. The molecule has 0 amide bonds. The number of carbonyl (C=O) groups is 3. The van der Waals surface area contributed by atoms with Gasteiger partial charge >= 0.3 is 33.6 Å². The van der Waals surface area contributed by atoms with Crippen molar-refractivity contribution in [2.45, 2.75) is 373 Å². The lowest BCUT2D eigenvalue weighted by atomic mass is 10.0. The molecule has 0 aliphatic rings. The molecule has 0 aliphatic carbocycles. The molecule has 0 spiro atoms. The molecule has 18 heteroatoms. The zero-order valence-electron chi connectivity index (χ0n) is 73.3. The first-order valence-electron chi connectivity index (χ1n) is 45.7. The van der Waals surface area contributed by atoms with Gasteiger partial charge < -0.3 is 34.2 Å². The van der Waals surface area contributed by atoms with Crippen molar-refractivity contribution in [3.63, 3.8) is 0 Å². The first-order chi connectivity index (χ1) is 57.2. The molecule has 0 bridgehead atoms. The van der Waals surface area contributed by atoms with Gasteiger partial charge in [-0.2, -0.15) is 0 Å². The summed E-state index contributed by atoms with van der Waals surface area (Å²) in [4.78, 5) is 58.9. The van der Waals surface area contributed by atoms with Crippen LogP contribution in [0.5, 0.6) is 0 Å². The number of aliphatic hydroxyl groups excluding tert-OH is 2. The summed E-state index contributed by atoms with van der Waals surface area (Å²) in [6.07, 6.45) is 119. The number of rotatable bonds is 85. The first kappa shape index (κ1) is 111. The molecule has 0 aromatic rings. The van der Waals surface area contributed by atoms with Crippen molar-refractivity contribution in [2.75, 3.05) is 39.6 Å². The lowest BCUT2D eigenvalue weighted by Gasteiger charge is -2.21. The average molecular weight is 1670 g/mol. The van der Waals surface area contributed by atoms with Gasteiger partial charge in [-0.15, -0.1) is 0 Å². The molecule has 117 heavy (non-hydrogen) atoms. The van der Waals surface area contributed by atoms with Gasteiger partial charge in [-0.25, -0.2) is 9.13 Å². The van der Waals surface area contributed by atoms with Crippen molar-refractivity contribution >= 4 is 33.6 Å². The Labute approximate surface area is 712 Å². The van der Waals surface area contributed by atoms with Crippen LogP contribution in [-0.2, 0) is 55.8 Å². The van der Waals surface area contributed by atoms with E-state index in [-0.39, 0.29) is 19.3 Å². The van der Waals surface area contributed by atoms with Crippen molar-refractivity contribution < 1.29 is 75.8 Å². The summed E-state index contributed by atoms with van der Waals surface area (Å²) in [6, 6.07) is 0. The van der Waals surface area contributed by atoms with E-state index < -0.39 is 91.5 Å². The van der Waals surface area contributed by atoms with E-state index >= 15 is 0 Å². The molecular weight excluding hydrogens is 1510 g/mol. The molecule has 0 saturated heterocycles. The highest BCUT2D eigenvalue weighted by Gasteiger charge is 2.29. The number of aliphatic hydroxyl groups is 2. The van der Waals surface area contributed by atoms with E-state index in [1.165, 1.54) is 141 Å². The molecule has 0 aromatic heterocycles. The Morgan fingerprint density at radius 1 is 0.239 bits per heavy atom. The van der Waals surface area contributed by atoms with Gasteiger partial charge in [0.1, 0.15) is 25.4 Å². The number of allylic oxidation sites excluding steroid dienone is 32. The van der Waals surface area contributed by atoms with Crippen molar-refractivity contribution in [1.29, 1.82) is 0 Å². The fourth-order valence-electron chi connectivity index (χ4n) is 12.0. The number of phosphoric ester groups is 2. The Morgan fingerprint density at radius 2 is 0.444 bits per heavy atom. The minimum absolute atomic E-state index is 0.0269. The van der Waals surface area contributed by atoms with E-state index in [0.29, 0.717) is 25.7 Å². The molecule has 0 fully saturated rings. The van der Waals surface area contributed by atoms with Gasteiger partial charge in [0.15, 0.2) is 6.10 Å². The van der Waals surface area contributed by atoms with Crippen LogP contribution in [0, 0.1) is 0 Å². The van der Waals surface area contributed by atoms with Crippen LogP contribution in [0.4, 0.5) is 0 Å². The highest BCUT2D eigenvalue weighted by atomic mass is 31.2. The molecular formula is C99H164O16P2. The fourth-order valence-corrected chi connectivity index (χ4v) is 13.6. The van der Waals surface area contributed by atoms with Gasteiger partial charge in [-0.1, -0.05) is 382 Å². The number of carbonyl (C=O) groups excluding carboxylic acids is 3. The van der Waals surface area contributed by atoms with Crippen LogP contribution in [0.2, 0.25) is 0 Å². The minimum atomic E-state index is -4.97. The maximum absolute atomic E-state index is 13.0. The van der Waals surface area contributed by atoms with Crippen molar-refractivity contribution in [2.24, 2.45) is 0 Å². The molecule has 666 valence electrons. The second-order valence-corrected chi connectivity index (χ2v) is 32.9. The van der Waals surface area contributed by atoms with E-state index in [1.807, 2.05) is 18.2 Å². The van der Waals surface area contributed by atoms with Crippen LogP contribution in [0.3, 0.4) is 0 Å². The lowest BCUT2D eigenvalue weighted by Crippen LogP contribution is -2.29. The van der Waals surface area contributed by atoms with Gasteiger partial charge in [0.25, 0.3) is 0 Å². The quantitative estimate of drug-likeness (QED) is 0.0146. The zero-order valence-corrected chi connectivity index (χ0v) is 75.1. The van der Waals surface area contributed by atoms with E-state index in [0.717, 1.165) is 148 Å². The second kappa shape index (κ2) is 89.6. The van der Waals surface area contributed by atoms with Crippen LogP contribution < -0.4 is 0 Å². The summed E-state index contributed by atoms with van der Waals surface area (Å²) in [5, 5.41) is 20.7. The van der Waals surface area contributed by atoms with E-state index in [2.05, 4.69) is 197 Å². The molecule has 0 heterocycles. The van der Waals surface area contributed by atoms with Crippen LogP contribution in [0.1, 0.15) is 355 Å². The van der Waals surface area contributed by atoms with E-state index in [9.17, 15) is 43.5 Å². The summed E-state index contributed by atoms with van der Waals surface area (Å²) < 4.78 is 61.3. The summed E-state index contributed by atoms with van der Waals surface area (Å²) in [7, 11) is -9.84. The molecule has 5 unspecified atom stereocenters. The molecule has 0 aliphatic heterocycles. The third-order valence-corrected chi connectivity index (χ3v) is 20.7. The van der Waals surface area contributed by atoms with E-state index in [1.54, 1.807) is 0 Å². The summed E-state index contributed by atoms with van der Waals surface area (Å²) in [5.74, 6) is -1.68. The predicted octanol–water partition coefficient (Wildman–Crippen LogP) is 28.2. The molecule has 0 radical (unpaired) electrons. The summed E-state index contributed by atoms with van der Waals surface area (Å²) >= 11 is 0. The topological polar surface area (TPSA) is 231 Å². The summed E-state index contributed by atoms with van der Waals surface area (Å²) in [6.45, 7) is 2.27. The van der Waals surface area contributed by atoms with E-state index in [4.69, 9.17) is 32.3 Å². The molecule has 0 aromatic carbocycles. The summed E-state index contributed by atoms with van der Waals surface area (Å²) in [5.41, 5.74) is 0. The Hall–Kier alpha value is -5.61. The van der Waals surface area contributed by atoms with Crippen molar-refractivity contribution in [3.05, 3.63) is 194 Å². The number of unbranched alkanes of at least 4 members (excludes halogenated alkanes) is 30. The number of phosphoric acid groups is 2. The van der Waals surface area contributed by atoms with Crippen LogP contribution in [-0.4, -0.2) is 95.9 Å². The van der Waals surface area contributed by atoms with Gasteiger partial charge in [-0.05, 0) is 148 Å². The highest BCUT2D eigenvalue weighted by Crippen LogP contribution is 2.45. The Kier molecular flexibility index (Phi) is 85.3. The van der Waals surface area contributed by atoms with Crippen LogP contribution in [0.25, 0.3) is 0 Å². The third-order valence-electron chi connectivity index (χ3n) is 18.8. The molecule has 16 nitrogen and oxygen atoms in total. The number of esters is 3. The van der Waals surface area contributed by atoms with Gasteiger partial charge in [0.05, 0.1) is 26.4 Å². The van der Waals surface area contributed by atoms with Crippen molar-refractivity contribution in [3.8, 4) is 0 Å². The largest absolute Gasteiger partial charge is 0.472 e. The molecule has 4 N–H and O–H groups in total. The predicted molar refractivity (Wildman–Crippen MR) is 491 cm³/mol. The third kappa shape index (κ3) is 91.0. The average Bonchev–Trinajstić information content (AvgIpc) is 0.812. The highest BCUT2D eigenvalue weighted by molar-refractivity contribution is 7.47. The Bertz CT molecular complexity index is 2910. The normalized spacial score (nSPS) is 14.7.